The van der Waals surface area contributed by atoms with Crippen LogP contribution in [0, 0.1) is 0 Å². The minimum atomic E-state index is 0.699. The van der Waals surface area contributed by atoms with Crippen molar-refractivity contribution in [1.82, 2.24) is 30.1 Å². The van der Waals surface area contributed by atoms with Gasteiger partial charge in [-0.05, 0) is 18.2 Å². The van der Waals surface area contributed by atoms with Crippen LogP contribution in [0.1, 0.15) is 13.8 Å². The lowest BCUT2D eigenvalue weighted by Crippen LogP contribution is -1.83. The highest BCUT2D eigenvalue weighted by Crippen LogP contribution is 2.06. The summed E-state index contributed by atoms with van der Waals surface area (Å²) in [6.07, 6.45) is 11.9. The molecule has 4 aromatic heterocycles. The number of aromatic nitrogens is 6. The van der Waals surface area contributed by atoms with Crippen molar-refractivity contribution in [2.24, 2.45) is 0 Å². The van der Waals surface area contributed by atoms with Gasteiger partial charge in [-0.15, -0.1) is 0 Å². The summed E-state index contributed by atoms with van der Waals surface area (Å²) in [6.45, 7) is 4.00. The lowest BCUT2D eigenvalue weighted by Gasteiger charge is -1.90. The zero-order valence-electron chi connectivity index (χ0n) is 12.5. The lowest BCUT2D eigenvalue weighted by molar-refractivity contribution is 1.05. The fourth-order valence-electron chi connectivity index (χ4n) is 1.64. The molecule has 0 bridgehead atoms. The van der Waals surface area contributed by atoms with Gasteiger partial charge in [-0.25, -0.2) is 9.97 Å². The molecule has 0 saturated heterocycles. The van der Waals surface area contributed by atoms with Crippen molar-refractivity contribution >= 4 is 21.9 Å². The molecule has 0 N–H and O–H groups in total. The van der Waals surface area contributed by atoms with Crippen LogP contribution >= 0.6 is 0 Å². The molecule has 4 aromatic rings. The van der Waals surface area contributed by atoms with Gasteiger partial charge in [0.05, 0.1) is 12.4 Å². The maximum atomic E-state index is 4.06. The summed E-state index contributed by atoms with van der Waals surface area (Å²) >= 11 is 0. The largest absolute Gasteiger partial charge is 0.264 e. The average molecular weight is 292 g/mol. The molecule has 22 heavy (non-hydrogen) atoms. The van der Waals surface area contributed by atoms with Gasteiger partial charge in [0.1, 0.15) is 5.52 Å². The molecule has 0 aliphatic carbocycles. The smallest absolute Gasteiger partial charge is 0.178 e. The van der Waals surface area contributed by atoms with E-state index in [2.05, 4.69) is 30.1 Å². The van der Waals surface area contributed by atoms with Crippen molar-refractivity contribution < 1.29 is 0 Å². The molecule has 0 unspecified atom stereocenters. The molecule has 0 aromatic carbocycles. The molecule has 0 amide bonds. The van der Waals surface area contributed by atoms with Gasteiger partial charge in [0, 0.05) is 41.8 Å². The Balaban J connectivity index is 0.000000144. The summed E-state index contributed by atoms with van der Waals surface area (Å²) in [6, 6.07) is 5.64. The van der Waals surface area contributed by atoms with Gasteiger partial charge < -0.3 is 0 Å². The van der Waals surface area contributed by atoms with Crippen molar-refractivity contribution in [1.29, 1.82) is 0 Å². The van der Waals surface area contributed by atoms with Gasteiger partial charge in [-0.1, -0.05) is 13.8 Å². The van der Waals surface area contributed by atoms with E-state index in [4.69, 9.17) is 0 Å². The first kappa shape index (κ1) is 15.4. The van der Waals surface area contributed by atoms with Crippen LogP contribution in [0.3, 0.4) is 0 Å². The van der Waals surface area contributed by atoms with Crippen LogP contribution in [0.5, 0.6) is 0 Å². The van der Waals surface area contributed by atoms with Gasteiger partial charge in [0.25, 0.3) is 0 Å². The number of rotatable bonds is 0. The molecule has 4 heterocycles. The monoisotopic (exact) mass is 292 g/mol. The predicted molar refractivity (Wildman–Crippen MR) is 86.0 cm³/mol. The summed E-state index contributed by atoms with van der Waals surface area (Å²) in [5.74, 6) is 0. The Morgan fingerprint density at radius 2 is 1.41 bits per heavy atom. The Hall–Kier alpha value is -3.02. The minimum absolute atomic E-state index is 0.699. The Labute approximate surface area is 128 Å². The van der Waals surface area contributed by atoms with E-state index in [1.54, 1.807) is 43.4 Å². The third-order valence-electron chi connectivity index (χ3n) is 2.59. The third kappa shape index (κ3) is 3.99. The molecule has 0 aliphatic rings. The minimum Gasteiger partial charge on any atom is -0.264 e. The number of hydrogen-bond donors (Lipinski definition) is 0. The van der Waals surface area contributed by atoms with Crippen LogP contribution < -0.4 is 0 Å². The van der Waals surface area contributed by atoms with Crippen molar-refractivity contribution in [3.8, 4) is 0 Å². The second-order valence-electron chi connectivity index (χ2n) is 3.90. The maximum absolute atomic E-state index is 4.06. The van der Waals surface area contributed by atoms with Gasteiger partial charge in [0.2, 0.25) is 0 Å². The fraction of sp³-hybridized carbons (Fsp3) is 0.125. The topological polar surface area (TPSA) is 77.3 Å². The lowest BCUT2D eigenvalue weighted by atomic mass is 10.3. The summed E-state index contributed by atoms with van der Waals surface area (Å²) in [7, 11) is 0. The van der Waals surface area contributed by atoms with E-state index in [0.29, 0.717) is 5.65 Å². The SMILES string of the molecule is CC.c1cc2cnncc2cn1.c1cnc2nccnc2c1. The molecule has 0 saturated carbocycles. The highest BCUT2D eigenvalue weighted by Gasteiger charge is 1.90. The van der Waals surface area contributed by atoms with Gasteiger partial charge in [-0.2, -0.15) is 10.2 Å². The molecular weight excluding hydrogens is 276 g/mol. The molecule has 4 rings (SSSR count). The van der Waals surface area contributed by atoms with E-state index in [9.17, 15) is 0 Å². The highest BCUT2D eigenvalue weighted by atomic mass is 15.1. The Morgan fingerprint density at radius 3 is 2.18 bits per heavy atom. The van der Waals surface area contributed by atoms with Crippen molar-refractivity contribution in [2.75, 3.05) is 0 Å². The van der Waals surface area contributed by atoms with E-state index in [1.165, 1.54) is 0 Å². The van der Waals surface area contributed by atoms with Crippen LogP contribution in [-0.2, 0) is 0 Å². The molecule has 6 heteroatoms. The first-order chi connectivity index (χ1) is 10.9. The number of nitrogens with zero attached hydrogens (tertiary/aromatic N) is 6. The maximum Gasteiger partial charge on any atom is 0.178 e. The summed E-state index contributed by atoms with van der Waals surface area (Å²) in [5.41, 5.74) is 1.54. The standard InChI is InChI=1S/2C7H5N3.C2H6/c1-2-8-3-7-5-10-9-4-6(1)7;1-2-6-7(9-3-1)10-5-4-8-6;1-2/h2*1-5H;1-2H3. The van der Waals surface area contributed by atoms with E-state index < -0.39 is 0 Å². The fourth-order valence-corrected chi connectivity index (χ4v) is 1.64. The quantitative estimate of drug-likeness (QED) is 0.495. The molecule has 110 valence electrons. The van der Waals surface area contributed by atoms with E-state index in [-0.39, 0.29) is 0 Å². The zero-order chi connectivity index (χ0) is 15.6. The molecular formula is C16H16N6. The van der Waals surface area contributed by atoms with Crippen LogP contribution in [0.25, 0.3) is 21.9 Å². The van der Waals surface area contributed by atoms with E-state index >= 15 is 0 Å². The van der Waals surface area contributed by atoms with Gasteiger partial charge >= 0.3 is 0 Å². The molecule has 0 radical (unpaired) electrons. The van der Waals surface area contributed by atoms with Crippen LogP contribution in [-0.4, -0.2) is 30.1 Å². The van der Waals surface area contributed by atoms with Crippen molar-refractivity contribution in [3.63, 3.8) is 0 Å². The van der Waals surface area contributed by atoms with Crippen LogP contribution in [0.2, 0.25) is 0 Å². The Bertz CT molecular complexity index is 632. The van der Waals surface area contributed by atoms with Crippen LogP contribution in [0.15, 0.2) is 61.6 Å². The Kier molecular flexibility index (Phi) is 5.80. The predicted octanol–water partition coefficient (Wildman–Crippen LogP) is 3.08. The molecule has 0 atom stereocenters. The molecule has 0 fully saturated rings. The zero-order valence-corrected chi connectivity index (χ0v) is 12.5. The molecule has 6 nitrogen and oxygen atoms in total. The highest BCUT2D eigenvalue weighted by molar-refractivity contribution is 5.79. The molecule has 0 spiro atoms. The summed E-state index contributed by atoms with van der Waals surface area (Å²) in [4.78, 5) is 16.0. The van der Waals surface area contributed by atoms with E-state index in [1.807, 2.05) is 32.0 Å². The second kappa shape index (κ2) is 8.31. The van der Waals surface area contributed by atoms with Crippen molar-refractivity contribution in [2.45, 2.75) is 13.8 Å². The number of fused-ring (bicyclic) bond motifs is 2. The first-order valence-corrected chi connectivity index (χ1v) is 6.95. The third-order valence-corrected chi connectivity index (χ3v) is 2.59. The van der Waals surface area contributed by atoms with Crippen LogP contribution in [0.4, 0.5) is 0 Å². The second-order valence-corrected chi connectivity index (χ2v) is 3.90. The van der Waals surface area contributed by atoms with Crippen molar-refractivity contribution in [3.05, 3.63) is 61.6 Å². The normalized spacial score (nSPS) is 9.36. The average Bonchev–Trinajstić information content (AvgIpc) is 2.64. The molecule has 0 aliphatic heterocycles. The van der Waals surface area contributed by atoms with Gasteiger partial charge in [-0.3, -0.25) is 9.97 Å². The first-order valence-electron chi connectivity index (χ1n) is 6.95. The Morgan fingerprint density at radius 1 is 0.682 bits per heavy atom. The summed E-state index contributed by atoms with van der Waals surface area (Å²) < 4.78 is 0. The summed E-state index contributed by atoms with van der Waals surface area (Å²) in [5, 5.41) is 9.56. The number of hydrogen-bond acceptors (Lipinski definition) is 6. The van der Waals surface area contributed by atoms with Gasteiger partial charge in [0.15, 0.2) is 5.65 Å². The van der Waals surface area contributed by atoms with E-state index in [0.717, 1.165) is 16.3 Å². The number of pyridine rings is 2.